The maximum absolute atomic E-state index is 11.2. The van der Waals surface area contributed by atoms with E-state index in [2.05, 4.69) is 13.5 Å². The monoisotopic (exact) mass is 258 g/mol. The molecule has 0 rings (SSSR count). The van der Waals surface area contributed by atoms with E-state index in [0.29, 0.717) is 12.2 Å². The highest BCUT2D eigenvalue weighted by Crippen LogP contribution is 2.07. The first kappa shape index (κ1) is 16.4. The molecule has 0 aromatic carbocycles. The van der Waals surface area contributed by atoms with Crippen LogP contribution in [-0.4, -0.2) is 34.2 Å². The third-order valence-corrected chi connectivity index (χ3v) is 5.92. The Bertz CT molecular complexity index is 229. The van der Waals surface area contributed by atoms with E-state index in [4.69, 9.17) is 9.47 Å². The summed E-state index contributed by atoms with van der Waals surface area (Å²) < 4.78 is 10.6. The summed E-state index contributed by atoms with van der Waals surface area (Å²) in [5.41, 5.74) is 0.474. The second kappa shape index (κ2) is 10.5. The molecule has 0 aliphatic heterocycles. The quantitative estimate of drug-likeness (QED) is 0.261. The van der Waals surface area contributed by atoms with Crippen LogP contribution in [0.4, 0.5) is 0 Å². The topological polar surface area (TPSA) is 35.5 Å². The van der Waals surface area contributed by atoms with Gasteiger partial charge in [0.2, 0.25) is 0 Å². The first-order valence-electron chi connectivity index (χ1n) is 6.52. The summed E-state index contributed by atoms with van der Waals surface area (Å²) in [6.07, 6.45) is 3.15. The van der Waals surface area contributed by atoms with Gasteiger partial charge in [-0.05, 0) is 20.3 Å². The van der Waals surface area contributed by atoms with E-state index in [-0.39, 0.29) is 5.97 Å². The molecule has 0 fully saturated rings. The average molecular weight is 258 g/mol. The molecule has 0 radical (unpaired) electrons. The number of esters is 1. The lowest BCUT2D eigenvalue weighted by atomic mass is 10.4. The van der Waals surface area contributed by atoms with Gasteiger partial charge in [-0.15, -0.1) is 0 Å². The number of ether oxygens (including phenoxy) is 2. The van der Waals surface area contributed by atoms with Gasteiger partial charge in [0.05, 0.1) is 15.4 Å². The van der Waals surface area contributed by atoms with E-state index in [1.165, 1.54) is 18.5 Å². The minimum atomic E-state index is -0.775. The number of hydrogen-bond acceptors (Lipinski definition) is 3. The number of carbonyl (C=O) groups is 1. The standard InChI is InChI=1S/C13H26O3Si/c1-5-9-17(11-15-6-2)10-7-8-16-13(14)12(3)4/h17H,3,5-11H2,1-2,4H3. The molecule has 3 nitrogen and oxygen atoms in total. The van der Waals surface area contributed by atoms with E-state index in [9.17, 15) is 4.79 Å². The van der Waals surface area contributed by atoms with Crippen molar-refractivity contribution < 1.29 is 14.3 Å². The Morgan fingerprint density at radius 3 is 2.53 bits per heavy atom. The maximum Gasteiger partial charge on any atom is 0.333 e. The van der Waals surface area contributed by atoms with Crippen molar-refractivity contribution in [3.05, 3.63) is 12.2 Å². The van der Waals surface area contributed by atoms with Gasteiger partial charge in [-0.1, -0.05) is 32.0 Å². The van der Waals surface area contributed by atoms with Crippen LogP contribution in [0, 0.1) is 0 Å². The summed E-state index contributed by atoms with van der Waals surface area (Å²) in [7, 11) is -0.775. The molecule has 0 aromatic rings. The van der Waals surface area contributed by atoms with Gasteiger partial charge < -0.3 is 9.47 Å². The van der Waals surface area contributed by atoms with E-state index >= 15 is 0 Å². The van der Waals surface area contributed by atoms with Crippen LogP contribution in [0.2, 0.25) is 12.1 Å². The first-order valence-corrected chi connectivity index (χ1v) is 8.97. The van der Waals surface area contributed by atoms with E-state index in [0.717, 1.165) is 19.3 Å². The minimum absolute atomic E-state index is 0.275. The Balaban J connectivity index is 3.66. The average Bonchev–Trinajstić information content (AvgIpc) is 2.30. The lowest BCUT2D eigenvalue weighted by Crippen LogP contribution is -2.21. The molecule has 0 bridgehead atoms. The largest absolute Gasteiger partial charge is 0.462 e. The molecular weight excluding hydrogens is 232 g/mol. The molecule has 1 atom stereocenters. The molecule has 0 aliphatic carbocycles. The summed E-state index contributed by atoms with van der Waals surface area (Å²) in [4.78, 5) is 11.2. The van der Waals surface area contributed by atoms with Crippen molar-refractivity contribution in [3.63, 3.8) is 0 Å². The molecule has 0 aromatic heterocycles. The molecular formula is C13H26O3Si. The number of hydrogen-bond donors (Lipinski definition) is 0. The second-order valence-electron chi connectivity index (χ2n) is 4.37. The Hall–Kier alpha value is -0.613. The molecule has 0 amide bonds. The zero-order valence-corrected chi connectivity index (χ0v) is 12.6. The number of rotatable bonds is 10. The summed E-state index contributed by atoms with van der Waals surface area (Å²) in [5, 5.41) is 0. The highest BCUT2D eigenvalue weighted by molar-refractivity contribution is 6.58. The van der Waals surface area contributed by atoms with Crippen molar-refractivity contribution >= 4 is 14.8 Å². The predicted molar refractivity (Wildman–Crippen MR) is 73.9 cm³/mol. The molecule has 0 heterocycles. The van der Waals surface area contributed by atoms with Crippen molar-refractivity contribution in [1.82, 2.24) is 0 Å². The predicted octanol–water partition coefficient (Wildman–Crippen LogP) is 2.71. The SMILES string of the molecule is C=C(C)C(=O)OCCC[SiH](CCC)COCC. The van der Waals surface area contributed by atoms with Crippen LogP contribution in [0.3, 0.4) is 0 Å². The van der Waals surface area contributed by atoms with Gasteiger partial charge in [0.25, 0.3) is 0 Å². The molecule has 0 spiro atoms. The van der Waals surface area contributed by atoms with Gasteiger partial charge in [-0.3, -0.25) is 0 Å². The second-order valence-corrected chi connectivity index (χ2v) is 7.59. The molecule has 4 heteroatoms. The fourth-order valence-electron chi connectivity index (χ4n) is 1.66. The molecule has 100 valence electrons. The van der Waals surface area contributed by atoms with Crippen LogP contribution in [0.15, 0.2) is 12.2 Å². The third-order valence-electron chi connectivity index (χ3n) is 2.59. The summed E-state index contributed by atoms with van der Waals surface area (Å²) >= 11 is 0. The van der Waals surface area contributed by atoms with Crippen LogP contribution in [-0.2, 0) is 14.3 Å². The summed E-state index contributed by atoms with van der Waals surface area (Å²) in [5.74, 6) is -0.275. The molecule has 0 saturated heterocycles. The van der Waals surface area contributed by atoms with Crippen LogP contribution >= 0.6 is 0 Å². The Morgan fingerprint density at radius 2 is 2.00 bits per heavy atom. The van der Waals surface area contributed by atoms with Crippen LogP contribution in [0.25, 0.3) is 0 Å². The molecule has 17 heavy (non-hydrogen) atoms. The highest BCUT2D eigenvalue weighted by Gasteiger charge is 2.10. The molecule has 0 aliphatic rings. The fourth-order valence-corrected chi connectivity index (χ4v) is 4.42. The van der Waals surface area contributed by atoms with E-state index in [1.54, 1.807) is 6.92 Å². The first-order chi connectivity index (χ1) is 8.11. The van der Waals surface area contributed by atoms with Gasteiger partial charge in [0.1, 0.15) is 0 Å². The van der Waals surface area contributed by atoms with Crippen molar-refractivity contribution in [2.75, 3.05) is 19.4 Å². The fraction of sp³-hybridized carbons (Fsp3) is 0.769. The number of carbonyl (C=O) groups excluding carboxylic acids is 1. The van der Waals surface area contributed by atoms with Crippen LogP contribution in [0.5, 0.6) is 0 Å². The summed E-state index contributed by atoms with van der Waals surface area (Å²) in [6.45, 7) is 10.8. The zero-order valence-electron chi connectivity index (χ0n) is 11.5. The van der Waals surface area contributed by atoms with Crippen molar-refractivity contribution in [3.8, 4) is 0 Å². The molecule has 0 saturated carbocycles. The van der Waals surface area contributed by atoms with Gasteiger partial charge in [-0.2, -0.15) is 0 Å². The summed E-state index contributed by atoms with van der Waals surface area (Å²) in [6, 6.07) is 2.51. The Labute approximate surface area is 107 Å². The highest BCUT2D eigenvalue weighted by atomic mass is 28.3. The van der Waals surface area contributed by atoms with Crippen molar-refractivity contribution in [2.24, 2.45) is 0 Å². The van der Waals surface area contributed by atoms with Crippen LogP contribution < -0.4 is 0 Å². The molecule has 0 N–H and O–H groups in total. The van der Waals surface area contributed by atoms with Gasteiger partial charge in [0, 0.05) is 18.4 Å². The Morgan fingerprint density at radius 1 is 1.29 bits per heavy atom. The van der Waals surface area contributed by atoms with Gasteiger partial charge in [-0.25, -0.2) is 4.79 Å². The van der Waals surface area contributed by atoms with E-state index in [1.807, 2.05) is 6.92 Å². The van der Waals surface area contributed by atoms with Crippen molar-refractivity contribution in [2.45, 2.75) is 45.7 Å². The minimum Gasteiger partial charge on any atom is -0.462 e. The van der Waals surface area contributed by atoms with Crippen LogP contribution in [0.1, 0.15) is 33.6 Å². The van der Waals surface area contributed by atoms with Gasteiger partial charge in [0.15, 0.2) is 0 Å². The van der Waals surface area contributed by atoms with Gasteiger partial charge >= 0.3 is 5.97 Å². The third kappa shape index (κ3) is 9.12. The van der Waals surface area contributed by atoms with Crippen molar-refractivity contribution in [1.29, 1.82) is 0 Å². The zero-order chi connectivity index (χ0) is 13.1. The smallest absolute Gasteiger partial charge is 0.333 e. The maximum atomic E-state index is 11.2. The lowest BCUT2D eigenvalue weighted by molar-refractivity contribution is -0.138. The molecule has 1 unspecified atom stereocenters. The Kier molecular flexibility index (Phi) is 10.2. The normalized spacial score (nSPS) is 12.2. The van der Waals surface area contributed by atoms with E-state index < -0.39 is 8.80 Å². The lowest BCUT2D eigenvalue weighted by Gasteiger charge is -2.14.